The van der Waals surface area contributed by atoms with E-state index >= 15 is 0 Å². The molecule has 1 aromatic carbocycles. The summed E-state index contributed by atoms with van der Waals surface area (Å²) in [6.45, 7) is 4.99. The Morgan fingerprint density at radius 2 is 1.95 bits per heavy atom. The highest BCUT2D eigenvalue weighted by Crippen LogP contribution is 2.20. The zero-order valence-corrected chi connectivity index (χ0v) is 12.3. The number of anilines is 1. The second-order valence-electron chi connectivity index (χ2n) is 5.07. The van der Waals surface area contributed by atoms with Gasteiger partial charge in [-0.05, 0) is 50.1 Å². The van der Waals surface area contributed by atoms with E-state index < -0.39 is 6.67 Å². The molecule has 3 nitrogen and oxygen atoms in total. The van der Waals surface area contributed by atoms with Crippen molar-refractivity contribution >= 4 is 11.6 Å². The van der Waals surface area contributed by atoms with E-state index in [1.807, 2.05) is 6.92 Å². The largest absolute Gasteiger partial charge is 0.348 e. The van der Waals surface area contributed by atoms with Crippen LogP contribution in [0.15, 0.2) is 24.4 Å². The number of halogens is 2. The maximum absolute atomic E-state index is 13.2. The SMILES string of the molecule is Cc1cc(NC(=O)c2c(C)cn(CCF)c2C)ccc1F. The van der Waals surface area contributed by atoms with Crippen LogP contribution in [0.3, 0.4) is 0 Å². The minimum absolute atomic E-state index is 0.232. The van der Waals surface area contributed by atoms with Gasteiger partial charge in [0.25, 0.3) is 5.91 Å². The van der Waals surface area contributed by atoms with E-state index in [0.29, 0.717) is 16.8 Å². The molecule has 0 aliphatic rings. The van der Waals surface area contributed by atoms with Crippen molar-refractivity contribution in [2.45, 2.75) is 27.3 Å². The Morgan fingerprint density at radius 1 is 1.24 bits per heavy atom. The lowest BCUT2D eigenvalue weighted by Crippen LogP contribution is -2.14. The summed E-state index contributed by atoms with van der Waals surface area (Å²) in [5.41, 5.74) is 3.05. The quantitative estimate of drug-likeness (QED) is 0.914. The van der Waals surface area contributed by atoms with Crippen LogP contribution in [0.25, 0.3) is 0 Å². The summed E-state index contributed by atoms with van der Waals surface area (Å²) in [7, 11) is 0. The normalized spacial score (nSPS) is 10.7. The van der Waals surface area contributed by atoms with Crippen molar-refractivity contribution in [1.82, 2.24) is 4.57 Å². The van der Waals surface area contributed by atoms with E-state index in [1.165, 1.54) is 12.1 Å². The zero-order chi connectivity index (χ0) is 15.6. The Hall–Kier alpha value is -2.17. The minimum Gasteiger partial charge on any atom is -0.348 e. The molecule has 0 saturated carbocycles. The number of aromatic nitrogens is 1. The van der Waals surface area contributed by atoms with E-state index in [2.05, 4.69) is 5.32 Å². The van der Waals surface area contributed by atoms with E-state index in [-0.39, 0.29) is 18.3 Å². The van der Waals surface area contributed by atoms with Crippen LogP contribution < -0.4 is 5.32 Å². The van der Waals surface area contributed by atoms with E-state index in [0.717, 1.165) is 11.3 Å². The molecular weight excluding hydrogens is 274 g/mol. The summed E-state index contributed by atoms with van der Waals surface area (Å²) in [6.07, 6.45) is 1.76. The molecule has 0 saturated heterocycles. The lowest BCUT2D eigenvalue weighted by Gasteiger charge is -2.08. The summed E-state index contributed by atoms with van der Waals surface area (Å²) in [4.78, 5) is 12.4. The first-order chi connectivity index (χ1) is 9.93. The number of nitrogens with zero attached hydrogens (tertiary/aromatic N) is 1. The number of alkyl halides is 1. The molecule has 0 fully saturated rings. The summed E-state index contributed by atoms with van der Waals surface area (Å²) < 4.78 is 27.4. The fraction of sp³-hybridized carbons (Fsp3) is 0.312. The molecule has 1 aromatic heterocycles. The maximum atomic E-state index is 13.2. The van der Waals surface area contributed by atoms with Gasteiger partial charge in [0.2, 0.25) is 0 Å². The van der Waals surface area contributed by atoms with Crippen LogP contribution in [-0.4, -0.2) is 17.1 Å². The molecule has 0 bridgehead atoms. The number of amides is 1. The Labute approximate surface area is 122 Å². The predicted molar refractivity (Wildman–Crippen MR) is 79.0 cm³/mol. The number of hydrogen-bond acceptors (Lipinski definition) is 1. The lowest BCUT2D eigenvalue weighted by molar-refractivity contribution is 0.102. The highest BCUT2D eigenvalue weighted by molar-refractivity contribution is 6.06. The molecule has 0 spiro atoms. The molecule has 5 heteroatoms. The van der Waals surface area contributed by atoms with Gasteiger partial charge in [-0.2, -0.15) is 0 Å². The average Bonchev–Trinajstić information content (AvgIpc) is 2.69. The van der Waals surface area contributed by atoms with Crippen LogP contribution in [0.4, 0.5) is 14.5 Å². The molecule has 0 aliphatic carbocycles. The van der Waals surface area contributed by atoms with Gasteiger partial charge in [-0.25, -0.2) is 8.78 Å². The van der Waals surface area contributed by atoms with Crippen molar-refractivity contribution in [1.29, 1.82) is 0 Å². The van der Waals surface area contributed by atoms with Crippen molar-refractivity contribution < 1.29 is 13.6 Å². The molecule has 0 unspecified atom stereocenters. The Balaban J connectivity index is 2.26. The smallest absolute Gasteiger partial charge is 0.257 e. The van der Waals surface area contributed by atoms with Crippen LogP contribution >= 0.6 is 0 Å². The predicted octanol–water partition coefficient (Wildman–Crippen LogP) is 3.77. The van der Waals surface area contributed by atoms with Gasteiger partial charge in [-0.15, -0.1) is 0 Å². The monoisotopic (exact) mass is 292 g/mol. The van der Waals surface area contributed by atoms with Gasteiger partial charge < -0.3 is 9.88 Å². The van der Waals surface area contributed by atoms with Gasteiger partial charge in [0.05, 0.1) is 12.1 Å². The van der Waals surface area contributed by atoms with Crippen molar-refractivity contribution in [3.05, 3.63) is 52.6 Å². The number of carbonyl (C=O) groups excluding carboxylic acids is 1. The van der Waals surface area contributed by atoms with Gasteiger partial charge in [0.1, 0.15) is 12.5 Å². The van der Waals surface area contributed by atoms with E-state index in [1.54, 1.807) is 30.7 Å². The standard InChI is InChI=1S/C16H18F2N2O/c1-10-8-13(4-5-14(10)18)19-16(21)15-11(2)9-20(7-6-17)12(15)3/h4-5,8-9H,6-7H2,1-3H3,(H,19,21). The molecule has 0 aliphatic heterocycles. The Bertz CT molecular complexity index is 677. The zero-order valence-electron chi connectivity index (χ0n) is 12.3. The molecular formula is C16H18F2N2O. The van der Waals surface area contributed by atoms with Crippen LogP contribution in [0.2, 0.25) is 0 Å². The molecule has 0 radical (unpaired) electrons. The molecule has 0 atom stereocenters. The second-order valence-corrected chi connectivity index (χ2v) is 5.07. The van der Waals surface area contributed by atoms with Crippen molar-refractivity contribution in [3.8, 4) is 0 Å². The highest BCUT2D eigenvalue weighted by Gasteiger charge is 2.17. The van der Waals surface area contributed by atoms with Crippen LogP contribution in [0.1, 0.15) is 27.2 Å². The first-order valence-electron chi connectivity index (χ1n) is 6.74. The third-order valence-corrected chi connectivity index (χ3v) is 3.50. The molecule has 112 valence electrons. The number of aryl methyl sites for hydroxylation is 3. The minimum atomic E-state index is -0.479. The number of nitrogens with one attached hydrogen (secondary N) is 1. The average molecular weight is 292 g/mol. The number of rotatable bonds is 4. The topological polar surface area (TPSA) is 34.0 Å². The van der Waals surface area contributed by atoms with Crippen molar-refractivity contribution in [2.75, 3.05) is 12.0 Å². The van der Waals surface area contributed by atoms with E-state index in [9.17, 15) is 13.6 Å². The number of carbonyl (C=O) groups is 1. The van der Waals surface area contributed by atoms with Crippen molar-refractivity contribution in [3.63, 3.8) is 0 Å². The summed E-state index contributed by atoms with van der Waals surface area (Å²) in [5, 5.41) is 2.75. The molecule has 2 rings (SSSR count). The number of hydrogen-bond donors (Lipinski definition) is 1. The Kier molecular flexibility index (Phi) is 4.40. The first-order valence-corrected chi connectivity index (χ1v) is 6.74. The first kappa shape index (κ1) is 15.2. The fourth-order valence-electron chi connectivity index (χ4n) is 2.41. The van der Waals surface area contributed by atoms with Crippen LogP contribution in [-0.2, 0) is 6.54 Å². The molecule has 2 aromatic rings. The fourth-order valence-corrected chi connectivity index (χ4v) is 2.41. The van der Waals surface area contributed by atoms with Gasteiger partial charge in [-0.3, -0.25) is 4.79 Å². The third-order valence-electron chi connectivity index (χ3n) is 3.50. The summed E-state index contributed by atoms with van der Waals surface area (Å²) >= 11 is 0. The second kappa shape index (κ2) is 6.08. The molecule has 1 heterocycles. The molecule has 1 amide bonds. The van der Waals surface area contributed by atoms with E-state index in [4.69, 9.17) is 0 Å². The number of benzene rings is 1. The third kappa shape index (κ3) is 3.12. The van der Waals surface area contributed by atoms with Crippen LogP contribution in [0.5, 0.6) is 0 Å². The lowest BCUT2D eigenvalue weighted by atomic mass is 10.1. The van der Waals surface area contributed by atoms with Gasteiger partial charge >= 0.3 is 0 Å². The summed E-state index contributed by atoms with van der Waals surface area (Å²) in [6, 6.07) is 4.42. The molecule has 21 heavy (non-hydrogen) atoms. The van der Waals surface area contributed by atoms with Gasteiger partial charge in [0.15, 0.2) is 0 Å². The van der Waals surface area contributed by atoms with Crippen molar-refractivity contribution in [2.24, 2.45) is 0 Å². The maximum Gasteiger partial charge on any atom is 0.257 e. The Morgan fingerprint density at radius 3 is 2.57 bits per heavy atom. The van der Waals surface area contributed by atoms with Gasteiger partial charge in [-0.1, -0.05) is 0 Å². The van der Waals surface area contributed by atoms with Crippen LogP contribution in [0, 0.1) is 26.6 Å². The summed E-state index contributed by atoms with van der Waals surface area (Å²) in [5.74, 6) is -0.580. The molecule has 1 N–H and O–H groups in total. The van der Waals surface area contributed by atoms with Gasteiger partial charge in [0, 0.05) is 17.6 Å². The highest BCUT2D eigenvalue weighted by atomic mass is 19.1.